The van der Waals surface area contributed by atoms with Gasteiger partial charge in [0.2, 0.25) is 0 Å². The highest BCUT2D eigenvalue weighted by Gasteiger charge is 2.40. The summed E-state index contributed by atoms with van der Waals surface area (Å²) in [5.74, 6) is 1.33. The van der Waals surface area contributed by atoms with Crippen molar-refractivity contribution in [3.63, 3.8) is 0 Å². The highest BCUT2D eigenvalue weighted by atomic mass is 16.5. The van der Waals surface area contributed by atoms with Gasteiger partial charge < -0.3 is 4.74 Å². The van der Waals surface area contributed by atoms with E-state index in [1.807, 2.05) is 13.1 Å². The second-order valence-electron chi connectivity index (χ2n) is 6.63. The van der Waals surface area contributed by atoms with Crippen LogP contribution in [-0.4, -0.2) is 12.8 Å². The van der Waals surface area contributed by atoms with E-state index in [1.165, 1.54) is 16.7 Å². The number of benzene rings is 2. The second kappa shape index (κ2) is 7.21. The number of para-hydroxylation sites is 1. The molecule has 0 bridgehead atoms. The molecule has 0 amide bonds. The Bertz CT molecular complexity index is 668. The lowest BCUT2D eigenvalue weighted by molar-refractivity contribution is 0.235. The molecule has 0 radical (unpaired) electrons. The van der Waals surface area contributed by atoms with Crippen LogP contribution in [0.1, 0.15) is 56.2 Å². The Morgan fingerprint density at radius 2 is 1.71 bits per heavy atom. The van der Waals surface area contributed by atoms with Crippen molar-refractivity contribution in [1.82, 2.24) is 0 Å². The first-order valence-corrected chi connectivity index (χ1v) is 8.99. The lowest BCUT2D eigenvalue weighted by Gasteiger charge is -2.39. The van der Waals surface area contributed by atoms with Crippen LogP contribution in [-0.2, 0) is 6.61 Å². The van der Waals surface area contributed by atoms with E-state index < -0.39 is 0 Å². The highest BCUT2D eigenvalue weighted by molar-refractivity contribution is 5.53. The lowest BCUT2D eigenvalue weighted by Crippen LogP contribution is -2.32. The fourth-order valence-corrected chi connectivity index (χ4v) is 4.03. The van der Waals surface area contributed by atoms with Gasteiger partial charge in [-0.05, 0) is 43.2 Å². The van der Waals surface area contributed by atoms with E-state index in [2.05, 4.69) is 67.4 Å². The zero-order chi connectivity index (χ0) is 17.0. The van der Waals surface area contributed by atoms with Crippen molar-refractivity contribution in [1.29, 1.82) is 0 Å². The van der Waals surface area contributed by atoms with Crippen LogP contribution in [0.15, 0.2) is 53.5 Å². The van der Waals surface area contributed by atoms with Crippen molar-refractivity contribution in [2.75, 3.05) is 6.54 Å². The van der Waals surface area contributed by atoms with Gasteiger partial charge in [-0.3, -0.25) is 4.99 Å². The molecule has 0 saturated carbocycles. The molecule has 2 aromatic rings. The van der Waals surface area contributed by atoms with Crippen LogP contribution in [0.4, 0.5) is 0 Å². The molecule has 1 aliphatic heterocycles. The van der Waals surface area contributed by atoms with Crippen LogP contribution in [0, 0.1) is 5.41 Å². The molecule has 0 aromatic heterocycles. The summed E-state index contributed by atoms with van der Waals surface area (Å²) in [6, 6.07) is 17.3. The largest absolute Gasteiger partial charge is 0.489 e. The maximum Gasteiger partial charge on any atom is 0.123 e. The average molecular weight is 321 g/mol. The number of aliphatic imine (C=N–C) groups is 1. The fraction of sp³-hybridized carbons (Fsp3) is 0.409. The van der Waals surface area contributed by atoms with Crippen molar-refractivity contribution in [3.8, 4) is 5.75 Å². The van der Waals surface area contributed by atoms with E-state index in [9.17, 15) is 0 Å². The Hall–Kier alpha value is -2.09. The first-order chi connectivity index (χ1) is 11.8. The molecule has 1 aliphatic rings. The predicted molar refractivity (Wildman–Crippen MR) is 101 cm³/mol. The minimum atomic E-state index is 0.104. The van der Waals surface area contributed by atoms with Gasteiger partial charge >= 0.3 is 0 Å². The summed E-state index contributed by atoms with van der Waals surface area (Å²) < 4.78 is 6.16. The zero-order valence-electron chi connectivity index (χ0n) is 15.0. The van der Waals surface area contributed by atoms with Crippen LogP contribution in [0.5, 0.6) is 5.75 Å². The van der Waals surface area contributed by atoms with Gasteiger partial charge in [-0.25, -0.2) is 0 Å². The molecule has 0 N–H and O–H groups in total. The van der Waals surface area contributed by atoms with Gasteiger partial charge in [0.05, 0.1) is 0 Å². The minimum absolute atomic E-state index is 0.104. The maximum absolute atomic E-state index is 6.16. The molecule has 126 valence electrons. The molecule has 0 aliphatic carbocycles. The summed E-state index contributed by atoms with van der Waals surface area (Å²) in [7, 11) is 0. The molecule has 3 rings (SSSR count). The van der Waals surface area contributed by atoms with Crippen LogP contribution in [0.3, 0.4) is 0 Å². The van der Waals surface area contributed by atoms with Gasteiger partial charge in [-0.15, -0.1) is 0 Å². The Balaban J connectivity index is 2.23. The normalized spacial score (nSPS) is 17.0. The SMILES string of the molecule is CC=NCC(CC)(CC)C1c2ccccc2COc2ccccc21. The van der Waals surface area contributed by atoms with Gasteiger partial charge in [0, 0.05) is 23.4 Å². The van der Waals surface area contributed by atoms with Gasteiger partial charge in [0.15, 0.2) is 0 Å². The summed E-state index contributed by atoms with van der Waals surface area (Å²) in [5.41, 5.74) is 4.10. The van der Waals surface area contributed by atoms with Crippen LogP contribution in [0.25, 0.3) is 0 Å². The first-order valence-electron chi connectivity index (χ1n) is 8.99. The maximum atomic E-state index is 6.16. The molecule has 1 atom stereocenters. The Kier molecular flexibility index (Phi) is 5.03. The molecule has 2 aromatic carbocycles. The molecule has 0 spiro atoms. The van der Waals surface area contributed by atoms with E-state index in [-0.39, 0.29) is 5.41 Å². The number of hydrogen-bond acceptors (Lipinski definition) is 2. The lowest BCUT2D eigenvalue weighted by atomic mass is 9.65. The van der Waals surface area contributed by atoms with E-state index in [0.29, 0.717) is 12.5 Å². The highest BCUT2D eigenvalue weighted by Crippen LogP contribution is 2.51. The molecule has 24 heavy (non-hydrogen) atoms. The van der Waals surface area contributed by atoms with Gasteiger partial charge in [0.1, 0.15) is 12.4 Å². The standard InChI is InChI=1S/C22H27NO/c1-4-22(5-2,16-23-6-3)21-18-12-8-7-11-17(18)15-24-20-14-10-9-13-19(20)21/h6-14,21H,4-5,15-16H2,1-3H3. The fourth-order valence-electron chi connectivity index (χ4n) is 4.03. The number of nitrogens with zero attached hydrogens (tertiary/aromatic N) is 1. The summed E-state index contributed by atoms with van der Waals surface area (Å²) >= 11 is 0. The van der Waals surface area contributed by atoms with Crippen molar-refractivity contribution in [2.45, 2.75) is 46.1 Å². The quantitative estimate of drug-likeness (QED) is 0.656. The molecule has 1 heterocycles. The summed E-state index contributed by atoms with van der Waals surface area (Å²) in [6.07, 6.45) is 4.12. The molecular formula is C22H27NO. The van der Waals surface area contributed by atoms with Crippen LogP contribution in [0.2, 0.25) is 0 Å². The molecule has 2 nitrogen and oxygen atoms in total. The number of rotatable bonds is 5. The van der Waals surface area contributed by atoms with E-state index in [1.54, 1.807) is 0 Å². The monoisotopic (exact) mass is 321 g/mol. The predicted octanol–water partition coefficient (Wildman–Crippen LogP) is 5.61. The third-order valence-corrected chi connectivity index (χ3v) is 5.59. The number of fused-ring (bicyclic) bond motifs is 2. The van der Waals surface area contributed by atoms with Gasteiger partial charge in [0.25, 0.3) is 0 Å². The Morgan fingerprint density at radius 3 is 2.42 bits per heavy atom. The van der Waals surface area contributed by atoms with Crippen LogP contribution >= 0.6 is 0 Å². The molecule has 0 saturated heterocycles. The van der Waals surface area contributed by atoms with Crippen molar-refractivity contribution >= 4 is 6.21 Å². The smallest absolute Gasteiger partial charge is 0.123 e. The van der Waals surface area contributed by atoms with Crippen molar-refractivity contribution in [2.24, 2.45) is 10.4 Å². The third kappa shape index (κ3) is 2.86. The van der Waals surface area contributed by atoms with Crippen molar-refractivity contribution < 1.29 is 4.74 Å². The minimum Gasteiger partial charge on any atom is -0.489 e. The van der Waals surface area contributed by atoms with E-state index >= 15 is 0 Å². The zero-order valence-corrected chi connectivity index (χ0v) is 15.0. The first kappa shape index (κ1) is 16.8. The third-order valence-electron chi connectivity index (χ3n) is 5.59. The molecule has 2 heteroatoms. The Morgan fingerprint density at radius 1 is 1.04 bits per heavy atom. The summed E-state index contributed by atoms with van der Waals surface area (Å²) in [6.45, 7) is 8.10. The topological polar surface area (TPSA) is 21.6 Å². The molecule has 0 fully saturated rings. The summed E-state index contributed by atoms with van der Waals surface area (Å²) in [4.78, 5) is 4.67. The average Bonchev–Trinajstić information content (AvgIpc) is 2.81. The van der Waals surface area contributed by atoms with Crippen molar-refractivity contribution in [3.05, 3.63) is 65.2 Å². The van der Waals surface area contributed by atoms with Gasteiger partial charge in [-0.1, -0.05) is 56.3 Å². The number of ether oxygens (including phenoxy) is 1. The van der Waals surface area contributed by atoms with Crippen LogP contribution < -0.4 is 4.74 Å². The second-order valence-corrected chi connectivity index (χ2v) is 6.63. The van der Waals surface area contributed by atoms with E-state index in [4.69, 9.17) is 4.74 Å². The van der Waals surface area contributed by atoms with Gasteiger partial charge in [-0.2, -0.15) is 0 Å². The summed E-state index contributed by atoms with van der Waals surface area (Å²) in [5, 5.41) is 0. The molecule has 1 unspecified atom stereocenters. The van der Waals surface area contributed by atoms with E-state index in [0.717, 1.165) is 25.1 Å². The Labute approximate surface area is 145 Å². The number of hydrogen-bond donors (Lipinski definition) is 0. The molecular weight excluding hydrogens is 294 g/mol.